The molecule has 146 valence electrons. The van der Waals surface area contributed by atoms with Crippen LogP contribution in [-0.4, -0.2) is 29.4 Å². The van der Waals surface area contributed by atoms with Gasteiger partial charge in [0.1, 0.15) is 11.5 Å². The van der Waals surface area contributed by atoms with Crippen molar-refractivity contribution in [2.24, 2.45) is 5.41 Å². The average Bonchev–Trinajstić information content (AvgIpc) is 3.01. The summed E-state index contributed by atoms with van der Waals surface area (Å²) in [5.74, 6) is -0.547. The Kier molecular flexibility index (Phi) is 5.06. The Balaban J connectivity index is 1.40. The van der Waals surface area contributed by atoms with Gasteiger partial charge in [0.25, 0.3) is 5.91 Å². The number of aromatic nitrogens is 1. The topological polar surface area (TPSA) is 62.3 Å². The van der Waals surface area contributed by atoms with Gasteiger partial charge in [0.05, 0.1) is 16.1 Å². The molecule has 1 saturated carbocycles. The lowest BCUT2D eigenvalue weighted by molar-refractivity contribution is -0.127. The predicted molar refractivity (Wildman–Crippen MR) is 105 cm³/mol. The molecular formula is C21H21ClFN3O2. The molecular weight excluding hydrogens is 381 g/mol. The minimum atomic E-state index is -0.417. The van der Waals surface area contributed by atoms with E-state index in [1.165, 1.54) is 12.1 Å². The lowest BCUT2D eigenvalue weighted by Crippen LogP contribution is -2.44. The van der Waals surface area contributed by atoms with Crippen LogP contribution in [-0.2, 0) is 4.79 Å². The molecule has 0 atom stereocenters. The van der Waals surface area contributed by atoms with Crippen molar-refractivity contribution in [1.82, 2.24) is 10.3 Å². The van der Waals surface area contributed by atoms with Crippen LogP contribution in [0.4, 0.5) is 10.1 Å². The van der Waals surface area contributed by atoms with Crippen LogP contribution >= 0.6 is 11.6 Å². The van der Waals surface area contributed by atoms with Crippen molar-refractivity contribution in [3.63, 3.8) is 0 Å². The zero-order valence-corrected chi connectivity index (χ0v) is 16.1. The van der Waals surface area contributed by atoms with E-state index < -0.39 is 11.2 Å². The summed E-state index contributed by atoms with van der Waals surface area (Å²) in [6, 6.07) is 9.40. The molecule has 4 rings (SSSR count). The van der Waals surface area contributed by atoms with Crippen molar-refractivity contribution in [2.45, 2.75) is 38.1 Å². The van der Waals surface area contributed by atoms with Crippen LogP contribution in [0.3, 0.4) is 0 Å². The van der Waals surface area contributed by atoms with E-state index in [-0.39, 0.29) is 22.9 Å². The molecule has 1 aliphatic heterocycles. The highest BCUT2D eigenvalue weighted by Gasteiger charge is 2.49. The molecule has 1 aromatic heterocycles. The lowest BCUT2D eigenvalue weighted by atomic mass is 9.71. The molecule has 1 saturated heterocycles. The van der Waals surface area contributed by atoms with Crippen molar-refractivity contribution >= 4 is 29.1 Å². The van der Waals surface area contributed by atoms with Gasteiger partial charge >= 0.3 is 0 Å². The van der Waals surface area contributed by atoms with Crippen LogP contribution in [0.2, 0.25) is 5.02 Å². The van der Waals surface area contributed by atoms with Crippen LogP contribution in [0.15, 0.2) is 42.6 Å². The van der Waals surface area contributed by atoms with Crippen LogP contribution in [0.25, 0.3) is 0 Å². The minimum Gasteiger partial charge on any atom is -0.348 e. The Hall–Kier alpha value is -2.47. The molecule has 5 nitrogen and oxygen atoms in total. The Morgan fingerprint density at radius 1 is 1.21 bits per heavy atom. The Labute approximate surface area is 167 Å². The number of nitrogens with zero attached hydrogens (tertiary/aromatic N) is 2. The lowest BCUT2D eigenvalue weighted by Gasteiger charge is -2.36. The quantitative estimate of drug-likeness (QED) is 0.846. The van der Waals surface area contributed by atoms with E-state index in [9.17, 15) is 14.0 Å². The molecule has 2 aliphatic rings. The third kappa shape index (κ3) is 3.49. The van der Waals surface area contributed by atoms with Gasteiger partial charge in [-0.3, -0.25) is 14.6 Å². The van der Waals surface area contributed by atoms with Gasteiger partial charge in [-0.15, -0.1) is 0 Å². The summed E-state index contributed by atoms with van der Waals surface area (Å²) in [7, 11) is 0. The molecule has 2 fully saturated rings. The summed E-state index contributed by atoms with van der Waals surface area (Å²) >= 11 is 6.15. The number of nitrogens with one attached hydrogen (secondary N) is 1. The van der Waals surface area contributed by atoms with E-state index in [1.54, 1.807) is 35.4 Å². The second kappa shape index (κ2) is 7.51. The number of pyridine rings is 1. The fourth-order valence-corrected chi connectivity index (χ4v) is 4.55. The molecule has 1 aliphatic carbocycles. The van der Waals surface area contributed by atoms with E-state index >= 15 is 0 Å². The zero-order chi connectivity index (χ0) is 19.7. The van der Waals surface area contributed by atoms with Gasteiger partial charge in [0.2, 0.25) is 5.91 Å². The molecule has 0 radical (unpaired) electrons. The fourth-order valence-electron chi connectivity index (χ4n) is 4.29. The molecule has 28 heavy (non-hydrogen) atoms. The predicted octanol–water partition coefficient (Wildman–Crippen LogP) is 3.97. The van der Waals surface area contributed by atoms with Crippen LogP contribution in [0, 0.1) is 11.2 Å². The highest BCUT2D eigenvalue weighted by Crippen LogP contribution is 2.47. The first-order valence-corrected chi connectivity index (χ1v) is 9.85. The number of anilines is 1. The SMILES string of the molecule is O=C(N[C@H]1CC[C@@]2(CCN(c3ccc(F)cc3Cl)C2=O)CC1)c1ccccn1. The largest absolute Gasteiger partial charge is 0.348 e. The molecule has 0 unspecified atom stereocenters. The number of hydrogen-bond donors (Lipinski definition) is 1. The number of rotatable bonds is 3. The van der Waals surface area contributed by atoms with Crippen molar-refractivity contribution in [2.75, 3.05) is 11.4 Å². The number of carbonyl (C=O) groups excluding carboxylic acids is 2. The molecule has 1 N–H and O–H groups in total. The molecule has 2 aromatic rings. The summed E-state index contributed by atoms with van der Waals surface area (Å²) in [5, 5.41) is 3.28. The highest BCUT2D eigenvalue weighted by atomic mass is 35.5. The normalized spacial score (nSPS) is 24.6. The van der Waals surface area contributed by atoms with E-state index in [0.717, 1.165) is 19.3 Å². The number of benzene rings is 1. The second-order valence-corrected chi connectivity index (χ2v) is 7.95. The van der Waals surface area contributed by atoms with Crippen molar-refractivity contribution in [3.05, 3.63) is 59.1 Å². The van der Waals surface area contributed by atoms with Crippen molar-refractivity contribution < 1.29 is 14.0 Å². The van der Waals surface area contributed by atoms with E-state index in [4.69, 9.17) is 11.6 Å². The van der Waals surface area contributed by atoms with Crippen molar-refractivity contribution in [3.8, 4) is 0 Å². The Morgan fingerprint density at radius 2 is 2.00 bits per heavy atom. The number of hydrogen-bond acceptors (Lipinski definition) is 3. The Bertz CT molecular complexity index is 898. The maximum atomic E-state index is 13.3. The molecule has 1 spiro atoms. The van der Waals surface area contributed by atoms with Gasteiger partial charge in [-0.05, 0) is 62.4 Å². The van der Waals surface area contributed by atoms with Gasteiger partial charge in [0, 0.05) is 18.8 Å². The third-order valence-corrected chi connectivity index (χ3v) is 6.19. The highest BCUT2D eigenvalue weighted by molar-refractivity contribution is 6.34. The summed E-state index contributed by atoms with van der Waals surface area (Å²) in [6.07, 6.45) is 5.27. The molecule has 1 aromatic carbocycles. The van der Waals surface area contributed by atoms with Crippen LogP contribution < -0.4 is 10.2 Å². The smallest absolute Gasteiger partial charge is 0.270 e. The molecule has 2 heterocycles. The summed E-state index contributed by atoms with van der Waals surface area (Å²) in [5.41, 5.74) is 0.552. The molecule has 2 amide bonds. The van der Waals surface area contributed by atoms with Gasteiger partial charge in [-0.1, -0.05) is 17.7 Å². The van der Waals surface area contributed by atoms with Crippen molar-refractivity contribution in [1.29, 1.82) is 0 Å². The molecule has 0 bridgehead atoms. The van der Waals surface area contributed by atoms with Gasteiger partial charge in [-0.2, -0.15) is 0 Å². The zero-order valence-electron chi connectivity index (χ0n) is 15.3. The van der Waals surface area contributed by atoms with Gasteiger partial charge in [0.15, 0.2) is 0 Å². The minimum absolute atomic E-state index is 0.0383. The fraction of sp³-hybridized carbons (Fsp3) is 0.381. The first-order valence-electron chi connectivity index (χ1n) is 9.47. The number of carbonyl (C=O) groups is 2. The van der Waals surface area contributed by atoms with Crippen LogP contribution in [0.5, 0.6) is 0 Å². The maximum Gasteiger partial charge on any atom is 0.270 e. The summed E-state index contributed by atoms with van der Waals surface area (Å²) < 4.78 is 13.3. The number of halogens is 2. The van der Waals surface area contributed by atoms with E-state index in [2.05, 4.69) is 10.3 Å². The second-order valence-electron chi connectivity index (χ2n) is 7.55. The monoisotopic (exact) mass is 401 g/mol. The summed E-state index contributed by atoms with van der Waals surface area (Å²) in [6.45, 7) is 0.579. The van der Waals surface area contributed by atoms with E-state index in [1.807, 2.05) is 0 Å². The Morgan fingerprint density at radius 3 is 2.68 bits per heavy atom. The number of amides is 2. The molecule has 7 heteroatoms. The summed E-state index contributed by atoms with van der Waals surface area (Å²) in [4.78, 5) is 31.2. The van der Waals surface area contributed by atoms with Gasteiger partial charge < -0.3 is 10.2 Å². The first-order chi connectivity index (χ1) is 13.5. The standard InChI is InChI=1S/C21H21ClFN3O2/c22-16-13-14(23)4-5-18(16)26-12-10-21(20(26)28)8-6-15(7-9-21)25-19(27)17-3-1-2-11-24-17/h1-5,11,13,15H,6-10,12H2,(H,25,27)/t15-,21-. The maximum absolute atomic E-state index is 13.3. The average molecular weight is 402 g/mol. The third-order valence-electron chi connectivity index (χ3n) is 5.89. The van der Waals surface area contributed by atoms with Crippen LogP contribution in [0.1, 0.15) is 42.6 Å². The van der Waals surface area contributed by atoms with E-state index in [0.29, 0.717) is 30.8 Å². The van der Waals surface area contributed by atoms with Gasteiger partial charge in [-0.25, -0.2) is 4.39 Å². The first kappa shape index (κ1) is 18.9.